The molecule has 150 valence electrons. The number of Topliss-reactive ketones (excluding diaryl/α,β-unsaturated/α-hetero) is 1. The minimum Gasteiger partial charge on any atom is -0.425 e. The second-order valence-electron chi connectivity index (χ2n) is 8.25. The molecule has 1 aromatic carbocycles. The van der Waals surface area contributed by atoms with Crippen LogP contribution in [-0.4, -0.2) is 44.4 Å². The van der Waals surface area contributed by atoms with Crippen LogP contribution in [0.15, 0.2) is 17.0 Å². The number of sulfonamides is 1. The zero-order chi connectivity index (χ0) is 21.1. The number of rotatable bonds is 4. The van der Waals surface area contributed by atoms with E-state index in [-0.39, 0.29) is 16.9 Å². The highest BCUT2D eigenvalue weighted by Gasteiger charge is 2.45. The fraction of sp³-hybridized carbons (Fsp3) is 0.450. The van der Waals surface area contributed by atoms with Crippen LogP contribution in [0.5, 0.6) is 5.75 Å². The van der Waals surface area contributed by atoms with Crippen molar-refractivity contribution in [2.24, 2.45) is 0 Å². The monoisotopic (exact) mass is 405 g/mol. The van der Waals surface area contributed by atoms with Gasteiger partial charge < -0.3 is 4.74 Å². The fourth-order valence-electron chi connectivity index (χ4n) is 3.43. The smallest absolute Gasteiger partial charge is 0.321 e. The molecule has 0 aliphatic carbocycles. The lowest BCUT2D eigenvalue weighted by Crippen LogP contribution is -2.30. The molecule has 0 saturated carbocycles. The van der Waals surface area contributed by atoms with E-state index in [2.05, 4.69) is 0 Å². The van der Waals surface area contributed by atoms with Crippen molar-refractivity contribution < 1.29 is 27.5 Å². The Bertz CT molecular complexity index is 1030. The molecule has 0 aromatic heterocycles. The summed E-state index contributed by atoms with van der Waals surface area (Å²) in [6.07, 6.45) is 2.18. The summed E-state index contributed by atoms with van der Waals surface area (Å²) in [7, 11) is -1.99. The van der Waals surface area contributed by atoms with Gasteiger partial charge in [-0.05, 0) is 57.9 Å². The largest absolute Gasteiger partial charge is 0.425 e. The molecule has 0 radical (unpaired) electrons. The van der Waals surface area contributed by atoms with Crippen molar-refractivity contribution in [1.29, 1.82) is 0 Å². The number of carbonyl (C=O) groups is 3. The summed E-state index contributed by atoms with van der Waals surface area (Å²) in [6.45, 7) is 6.96. The number of aldehydes is 1. The molecule has 7 nitrogen and oxygen atoms in total. The van der Waals surface area contributed by atoms with Gasteiger partial charge >= 0.3 is 5.97 Å². The molecule has 28 heavy (non-hydrogen) atoms. The summed E-state index contributed by atoms with van der Waals surface area (Å²) in [5.41, 5.74) is -0.689. The maximum Gasteiger partial charge on any atom is 0.321 e. The van der Waals surface area contributed by atoms with Crippen LogP contribution in [0.3, 0.4) is 0 Å². The number of nitrogens with zero attached hydrogens (tertiary/aromatic N) is 1. The van der Waals surface area contributed by atoms with Crippen LogP contribution in [0.25, 0.3) is 6.08 Å². The van der Waals surface area contributed by atoms with E-state index in [1.807, 2.05) is 0 Å². The molecule has 0 amide bonds. The van der Waals surface area contributed by atoms with Gasteiger partial charge in [0.2, 0.25) is 15.8 Å². The summed E-state index contributed by atoms with van der Waals surface area (Å²) >= 11 is 0. The number of hydrogen-bond acceptors (Lipinski definition) is 6. The van der Waals surface area contributed by atoms with Crippen molar-refractivity contribution in [3.63, 3.8) is 0 Å². The molecule has 0 bridgehead atoms. The minimum atomic E-state index is -3.51. The Hall–Kier alpha value is -2.32. The standard InChI is InChI=1S/C20H23NO6S/c1-19(2,16(23)11-22)14-9-12(8-13-6-7-21(5)28(13,25)26)10-15-17(14)27-18(24)20(15,3)4/h8-11H,6-7H2,1-5H3/b13-8+. The molecule has 2 heterocycles. The first-order valence-corrected chi connectivity index (χ1v) is 10.4. The summed E-state index contributed by atoms with van der Waals surface area (Å²) < 4.78 is 31.6. The third-order valence-electron chi connectivity index (χ3n) is 5.63. The molecular weight excluding hydrogens is 382 g/mol. The van der Waals surface area contributed by atoms with Crippen molar-refractivity contribution >= 4 is 34.1 Å². The second-order valence-corrected chi connectivity index (χ2v) is 10.4. The first kappa shape index (κ1) is 20.4. The fourth-order valence-corrected chi connectivity index (χ4v) is 4.80. The first-order chi connectivity index (χ1) is 12.8. The van der Waals surface area contributed by atoms with Gasteiger partial charge in [0.1, 0.15) is 5.75 Å². The molecule has 0 unspecified atom stereocenters. The molecule has 0 spiro atoms. The van der Waals surface area contributed by atoms with E-state index in [9.17, 15) is 22.8 Å². The molecule has 3 rings (SSSR count). The highest BCUT2D eigenvalue weighted by molar-refractivity contribution is 7.93. The number of ether oxygens (including phenoxy) is 1. The van der Waals surface area contributed by atoms with Gasteiger partial charge in [-0.1, -0.05) is 0 Å². The highest BCUT2D eigenvalue weighted by Crippen LogP contribution is 2.46. The van der Waals surface area contributed by atoms with Crippen LogP contribution in [-0.2, 0) is 35.2 Å². The second kappa shape index (κ2) is 6.35. The van der Waals surface area contributed by atoms with Gasteiger partial charge in [-0.3, -0.25) is 14.4 Å². The Morgan fingerprint density at radius 2 is 1.93 bits per heavy atom. The van der Waals surface area contributed by atoms with Gasteiger partial charge in [-0.15, -0.1) is 0 Å². The van der Waals surface area contributed by atoms with E-state index in [4.69, 9.17) is 4.74 Å². The highest BCUT2D eigenvalue weighted by atomic mass is 32.2. The Balaban J connectivity index is 2.27. The van der Waals surface area contributed by atoms with Crippen molar-refractivity contribution in [3.8, 4) is 5.75 Å². The van der Waals surface area contributed by atoms with Crippen LogP contribution in [0.1, 0.15) is 50.8 Å². The number of fused-ring (bicyclic) bond motifs is 1. The number of carbonyl (C=O) groups excluding carboxylic acids is 3. The quantitative estimate of drug-likeness (QED) is 0.329. The van der Waals surface area contributed by atoms with Gasteiger partial charge in [0.15, 0.2) is 6.29 Å². The number of ketones is 1. The normalized spacial score (nSPS) is 22.2. The van der Waals surface area contributed by atoms with Crippen molar-refractivity contribution in [2.45, 2.75) is 44.9 Å². The van der Waals surface area contributed by atoms with Crippen LogP contribution in [0, 0.1) is 0 Å². The van der Waals surface area contributed by atoms with Gasteiger partial charge in [0.25, 0.3) is 0 Å². The van der Waals surface area contributed by atoms with Gasteiger partial charge in [0, 0.05) is 24.7 Å². The van der Waals surface area contributed by atoms with Gasteiger partial charge in [-0.2, -0.15) is 0 Å². The predicted octanol–water partition coefficient (Wildman–Crippen LogP) is 1.94. The third-order valence-corrected chi connectivity index (χ3v) is 7.62. The zero-order valence-electron chi connectivity index (χ0n) is 16.5. The van der Waals surface area contributed by atoms with Crippen LogP contribution in [0.2, 0.25) is 0 Å². The molecule has 1 saturated heterocycles. The SMILES string of the molecule is CN1CC/C(=C\c2cc(C(C)(C)C(=O)C=O)c3c(c2)C(C)(C)C(=O)O3)S1(=O)=O. The molecular formula is C20H23NO6S. The average Bonchev–Trinajstić information content (AvgIpc) is 3.00. The van der Waals surface area contributed by atoms with Crippen molar-refractivity contribution in [1.82, 2.24) is 4.31 Å². The van der Waals surface area contributed by atoms with Crippen molar-refractivity contribution in [2.75, 3.05) is 13.6 Å². The average molecular weight is 405 g/mol. The van der Waals surface area contributed by atoms with Gasteiger partial charge in [-0.25, -0.2) is 12.7 Å². The Labute approximate surface area is 164 Å². The maximum atomic E-state index is 12.4. The molecule has 1 fully saturated rings. The Kier molecular flexibility index (Phi) is 4.63. The molecule has 2 aliphatic heterocycles. The predicted molar refractivity (Wildman–Crippen MR) is 103 cm³/mol. The lowest BCUT2D eigenvalue weighted by molar-refractivity contribution is -0.137. The van der Waals surface area contributed by atoms with Crippen LogP contribution >= 0.6 is 0 Å². The first-order valence-electron chi connectivity index (χ1n) is 8.91. The molecule has 0 N–H and O–H groups in total. The Morgan fingerprint density at radius 1 is 1.29 bits per heavy atom. The van der Waals surface area contributed by atoms with E-state index in [0.717, 1.165) is 0 Å². The molecule has 1 aromatic rings. The summed E-state index contributed by atoms with van der Waals surface area (Å²) in [4.78, 5) is 36.0. The van der Waals surface area contributed by atoms with Crippen molar-refractivity contribution in [3.05, 3.63) is 33.7 Å². The van der Waals surface area contributed by atoms with E-state index < -0.39 is 32.6 Å². The minimum absolute atomic E-state index is 0.246. The van der Waals surface area contributed by atoms with Crippen LogP contribution in [0.4, 0.5) is 0 Å². The lowest BCUT2D eigenvalue weighted by atomic mass is 9.76. The van der Waals surface area contributed by atoms with E-state index in [1.165, 1.54) is 11.4 Å². The maximum absolute atomic E-state index is 12.4. The Morgan fingerprint density at radius 3 is 2.46 bits per heavy atom. The summed E-state index contributed by atoms with van der Waals surface area (Å²) in [5, 5.41) is 0. The number of esters is 1. The summed E-state index contributed by atoms with van der Waals surface area (Å²) in [6, 6.07) is 3.34. The molecule has 0 atom stereocenters. The van der Waals surface area contributed by atoms with E-state index in [0.29, 0.717) is 29.7 Å². The topological polar surface area (TPSA) is 97.8 Å². The third kappa shape index (κ3) is 2.91. The number of hydrogen-bond donors (Lipinski definition) is 0. The summed E-state index contributed by atoms with van der Waals surface area (Å²) in [5.74, 6) is -0.853. The van der Waals surface area contributed by atoms with E-state index in [1.54, 1.807) is 45.9 Å². The molecule has 8 heteroatoms. The zero-order valence-corrected chi connectivity index (χ0v) is 17.3. The number of benzene rings is 1. The van der Waals surface area contributed by atoms with E-state index >= 15 is 0 Å². The molecule has 2 aliphatic rings. The lowest BCUT2D eigenvalue weighted by Gasteiger charge is -2.24. The van der Waals surface area contributed by atoms with Crippen LogP contribution < -0.4 is 4.74 Å². The van der Waals surface area contributed by atoms with Gasteiger partial charge in [0.05, 0.1) is 15.7 Å².